The maximum absolute atomic E-state index is 13.8. The molecular weight excluding hydrogens is 402 g/mol. The molecule has 4 aromatic rings. The van der Waals surface area contributed by atoms with Crippen LogP contribution in [0.5, 0.6) is 5.75 Å². The molecule has 32 heavy (non-hydrogen) atoms. The highest BCUT2D eigenvalue weighted by Gasteiger charge is 2.23. The van der Waals surface area contributed by atoms with Gasteiger partial charge in [0.1, 0.15) is 11.4 Å². The van der Waals surface area contributed by atoms with Crippen LogP contribution in [0, 0.1) is 0 Å². The smallest absolute Gasteiger partial charge is 0.270 e. The molecule has 1 amide bonds. The summed E-state index contributed by atoms with van der Waals surface area (Å²) in [5, 5.41) is 0.920. The van der Waals surface area contributed by atoms with Gasteiger partial charge >= 0.3 is 0 Å². The summed E-state index contributed by atoms with van der Waals surface area (Å²) in [5.41, 5.74) is 3.46. The summed E-state index contributed by atoms with van der Waals surface area (Å²) in [4.78, 5) is 17.8. The molecule has 0 spiro atoms. The van der Waals surface area contributed by atoms with Crippen LogP contribution >= 0.6 is 0 Å². The summed E-state index contributed by atoms with van der Waals surface area (Å²) in [5.74, 6) is 0.778. The fraction of sp³-hybridized carbons (Fsp3) is 0.269. The average molecular weight is 432 g/mol. The first-order valence-electron chi connectivity index (χ1n) is 10.7. The van der Waals surface area contributed by atoms with Crippen molar-refractivity contribution in [3.05, 3.63) is 89.8 Å². The number of likely N-dealkylation sites (N-methyl/N-ethyl adjacent to an activating group) is 1. The summed E-state index contributed by atoms with van der Waals surface area (Å²) < 4.78 is 13.1. The van der Waals surface area contributed by atoms with Crippen LogP contribution in [0.4, 0.5) is 0 Å². The Kier molecular flexibility index (Phi) is 6.61. The maximum atomic E-state index is 13.8. The van der Waals surface area contributed by atoms with Gasteiger partial charge in [-0.25, -0.2) is 0 Å². The molecule has 0 N–H and O–H groups in total. The van der Waals surface area contributed by atoms with Gasteiger partial charge in [-0.2, -0.15) is 0 Å². The summed E-state index contributed by atoms with van der Waals surface area (Å²) in [6.07, 6.45) is 1.66. The van der Waals surface area contributed by atoms with Crippen LogP contribution in [0.3, 0.4) is 0 Å². The minimum absolute atomic E-state index is 0.00926. The third-order valence-electron chi connectivity index (χ3n) is 5.52. The highest BCUT2D eigenvalue weighted by Crippen LogP contribution is 2.25. The third kappa shape index (κ3) is 4.86. The normalized spacial score (nSPS) is 11.2. The van der Waals surface area contributed by atoms with Gasteiger partial charge in [0.15, 0.2) is 0 Å². The van der Waals surface area contributed by atoms with Gasteiger partial charge in [-0.3, -0.25) is 4.79 Å². The third-order valence-corrected chi connectivity index (χ3v) is 5.52. The van der Waals surface area contributed by atoms with E-state index in [1.54, 1.807) is 13.4 Å². The average Bonchev–Trinajstić information content (AvgIpc) is 3.39. The first kappa shape index (κ1) is 21.7. The van der Waals surface area contributed by atoms with Gasteiger partial charge in [0.25, 0.3) is 5.91 Å². The highest BCUT2D eigenvalue weighted by atomic mass is 16.5. The van der Waals surface area contributed by atoms with Crippen LogP contribution in [0.25, 0.3) is 11.1 Å². The number of amides is 1. The fourth-order valence-electron chi connectivity index (χ4n) is 3.80. The van der Waals surface area contributed by atoms with Crippen LogP contribution in [0.15, 0.2) is 77.4 Å². The van der Waals surface area contributed by atoms with Crippen LogP contribution < -0.4 is 4.74 Å². The maximum Gasteiger partial charge on any atom is 0.270 e. The number of carbonyl (C=O) groups is 1. The Morgan fingerprint density at radius 1 is 0.969 bits per heavy atom. The largest absolute Gasteiger partial charge is 0.497 e. The predicted octanol–water partition coefficient (Wildman–Crippen LogP) is 4.50. The van der Waals surface area contributed by atoms with Gasteiger partial charge in [-0.1, -0.05) is 42.5 Å². The molecule has 0 radical (unpaired) electrons. The molecule has 0 saturated carbocycles. The Morgan fingerprint density at radius 3 is 2.50 bits per heavy atom. The van der Waals surface area contributed by atoms with E-state index < -0.39 is 0 Å². The van der Waals surface area contributed by atoms with E-state index >= 15 is 0 Å². The lowest BCUT2D eigenvalue weighted by Gasteiger charge is -2.25. The van der Waals surface area contributed by atoms with Gasteiger partial charge < -0.3 is 23.5 Å². The number of carbonyl (C=O) groups excluding carboxylic acids is 1. The van der Waals surface area contributed by atoms with Crippen LogP contribution in [0.2, 0.25) is 0 Å². The van der Waals surface area contributed by atoms with Gasteiger partial charge in [0.05, 0.1) is 19.9 Å². The summed E-state index contributed by atoms with van der Waals surface area (Å²) in [6.45, 7) is 2.49. The minimum Gasteiger partial charge on any atom is -0.497 e. The monoisotopic (exact) mass is 431 g/mol. The Bertz CT molecular complexity index is 1180. The van der Waals surface area contributed by atoms with Gasteiger partial charge in [-0.05, 0) is 49.5 Å². The van der Waals surface area contributed by atoms with E-state index in [9.17, 15) is 4.79 Å². The van der Waals surface area contributed by atoms with Crippen LogP contribution in [0.1, 0.15) is 21.6 Å². The second kappa shape index (κ2) is 9.75. The van der Waals surface area contributed by atoms with Crippen LogP contribution in [-0.2, 0) is 13.1 Å². The molecule has 0 atom stereocenters. The SMILES string of the molecule is COc1cccc(Cn2c(C(=O)N(CCN(C)C)Cc3ccccc3)cc3ccoc32)c1. The van der Waals surface area contributed by atoms with Gasteiger partial charge in [0.2, 0.25) is 5.71 Å². The second-order valence-corrected chi connectivity index (χ2v) is 8.16. The van der Waals surface area contributed by atoms with E-state index in [0.717, 1.165) is 28.8 Å². The Hall–Kier alpha value is -3.51. The number of methoxy groups -OCH3 is 1. The lowest BCUT2D eigenvalue weighted by atomic mass is 10.2. The lowest BCUT2D eigenvalue weighted by molar-refractivity contribution is 0.0721. The standard InChI is InChI=1S/C26H29N3O3/c1-27(2)13-14-28(18-20-8-5-4-6-9-20)25(30)24-17-22-12-15-32-26(22)29(24)19-21-10-7-11-23(16-21)31-3/h4-12,15-17H,13-14,18-19H2,1-3H3. The van der Waals surface area contributed by atoms with Crippen LogP contribution in [-0.4, -0.2) is 54.6 Å². The van der Waals surface area contributed by atoms with Crippen molar-refractivity contribution in [3.8, 4) is 5.75 Å². The Balaban J connectivity index is 1.68. The summed E-state index contributed by atoms with van der Waals surface area (Å²) >= 11 is 0. The fourth-order valence-corrected chi connectivity index (χ4v) is 3.80. The molecule has 2 aromatic heterocycles. The number of hydrogen-bond acceptors (Lipinski definition) is 4. The van der Waals surface area contributed by atoms with E-state index in [1.165, 1.54) is 0 Å². The van der Waals surface area contributed by atoms with E-state index in [1.807, 2.05) is 78.2 Å². The van der Waals surface area contributed by atoms with Crippen molar-refractivity contribution in [3.63, 3.8) is 0 Å². The van der Waals surface area contributed by atoms with E-state index in [4.69, 9.17) is 9.15 Å². The summed E-state index contributed by atoms with van der Waals surface area (Å²) in [7, 11) is 5.69. The lowest BCUT2D eigenvalue weighted by Crippen LogP contribution is -2.37. The van der Waals surface area contributed by atoms with Crippen molar-refractivity contribution in [2.24, 2.45) is 0 Å². The Morgan fingerprint density at radius 2 is 1.75 bits per heavy atom. The van der Waals surface area contributed by atoms with Gasteiger partial charge in [-0.15, -0.1) is 0 Å². The number of rotatable bonds is 9. The molecule has 6 nitrogen and oxygen atoms in total. The zero-order chi connectivity index (χ0) is 22.5. The number of aromatic nitrogens is 1. The second-order valence-electron chi connectivity index (χ2n) is 8.16. The van der Waals surface area contributed by atoms with E-state index in [2.05, 4.69) is 17.0 Å². The molecule has 0 aliphatic heterocycles. The molecule has 2 aromatic carbocycles. The molecule has 4 rings (SSSR count). The van der Waals surface area contributed by atoms with Crippen molar-refractivity contribution in [1.82, 2.24) is 14.4 Å². The molecule has 0 aliphatic rings. The summed E-state index contributed by atoms with van der Waals surface area (Å²) in [6, 6.07) is 21.8. The molecule has 0 saturated heterocycles. The molecule has 6 heteroatoms. The first-order chi connectivity index (χ1) is 15.5. The van der Waals surface area contributed by atoms with E-state index in [0.29, 0.717) is 31.0 Å². The number of fused-ring (bicyclic) bond motifs is 1. The molecule has 0 bridgehead atoms. The number of nitrogens with zero attached hydrogens (tertiary/aromatic N) is 3. The van der Waals surface area contributed by atoms with E-state index in [-0.39, 0.29) is 5.91 Å². The molecule has 0 aliphatic carbocycles. The minimum atomic E-state index is -0.00926. The molecular formula is C26H29N3O3. The zero-order valence-electron chi connectivity index (χ0n) is 18.8. The first-order valence-corrected chi connectivity index (χ1v) is 10.7. The van der Waals surface area contributed by atoms with Crippen molar-refractivity contribution in [2.45, 2.75) is 13.1 Å². The highest BCUT2D eigenvalue weighted by molar-refractivity contribution is 5.97. The number of hydrogen-bond donors (Lipinski definition) is 0. The Labute approximate surface area is 188 Å². The van der Waals surface area contributed by atoms with Crippen molar-refractivity contribution < 1.29 is 13.9 Å². The zero-order valence-corrected chi connectivity index (χ0v) is 18.8. The number of benzene rings is 2. The van der Waals surface area contributed by atoms with Crippen molar-refractivity contribution >= 4 is 17.0 Å². The topological polar surface area (TPSA) is 50.9 Å². The predicted molar refractivity (Wildman–Crippen MR) is 126 cm³/mol. The number of furan rings is 1. The number of ether oxygens (including phenoxy) is 1. The molecule has 166 valence electrons. The van der Waals surface area contributed by atoms with Crippen molar-refractivity contribution in [2.75, 3.05) is 34.3 Å². The van der Waals surface area contributed by atoms with Crippen molar-refractivity contribution in [1.29, 1.82) is 0 Å². The quantitative estimate of drug-likeness (QED) is 0.392. The van der Waals surface area contributed by atoms with Gasteiger partial charge in [0, 0.05) is 25.0 Å². The molecule has 0 fully saturated rings. The molecule has 2 heterocycles. The molecule has 0 unspecified atom stereocenters.